The monoisotopic (exact) mass is 114 g/mol. The Kier molecular flexibility index (Phi) is 3.28. The lowest BCUT2D eigenvalue weighted by Crippen LogP contribution is -2.18. The molecule has 2 nitrogen and oxygen atoms in total. The van der Waals surface area contributed by atoms with Gasteiger partial charge in [-0.15, -0.1) is 0 Å². The second-order valence-corrected chi connectivity index (χ2v) is 1.99. The quantitative estimate of drug-likeness (QED) is 0.430. The molecule has 0 rings (SSSR count). The fraction of sp³-hybridized carbons (Fsp3) is 0.667. The molecule has 0 heterocycles. The van der Waals surface area contributed by atoms with Crippen LogP contribution in [0.5, 0.6) is 0 Å². The van der Waals surface area contributed by atoms with Crippen molar-refractivity contribution in [3.63, 3.8) is 0 Å². The largest absolute Gasteiger partial charge is 0.321 e. The Morgan fingerprint density at radius 1 is 1.75 bits per heavy atom. The van der Waals surface area contributed by atoms with E-state index in [-0.39, 0.29) is 0 Å². The normalized spacial score (nSPS) is 11.8. The van der Waals surface area contributed by atoms with E-state index in [0.29, 0.717) is 0 Å². The Balaban J connectivity index is 3.56. The fourth-order valence-electron chi connectivity index (χ4n) is 0.439. The molecule has 0 aromatic carbocycles. The molecule has 0 aliphatic rings. The average molecular weight is 114 g/mol. The molecule has 0 fully saturated rings. The maximum absolute atomic E-state index is 5.33. The molecule has 48 valence electrons. The highest BCUT2D eigenvalue weighted by atomic mass is 15.4. The van der Waals surface area contributed by atoms with Gasteiger partial charge in [0.25, 0.3) is 0 Å². The first-order valence-corrected chi connectivity index (χ1v) is 2.81. The Morgan fingerprint density at radius 3 is 2.38 bits per heavy atom. The molecule has 0 aromatic heterocycles. The lowest BCUT2D eigenvalue weighted by Gasteiger charge is -2.05. The van der Waals surface area contributed by atoms with Crippen molar-refractivity contribution < 1.29 is 0 Å². The van der Waals surface area contributed by atoms with Crippen molar-refractivity contribution in [1.82, 2.24) is 5.01 Å². The van der Waals surface area contributed by atoms with E-state index in [2.05, 4.69) is 13.8 Å². The van der Waals surface area contributed by atoms with Crippen molar-refractivity contribution >= 4 is 0 Å². The Bertz CT molecular complexity index is 84.5. The minimum atomic E-state index is 1.07. The van der Waals surface area contributed by atoms with E-state index in [0.717, 1.165) is 6.42 Å². The van der Waals surface area contributed by atoms with Gasteiger partial charge in [0.2, 0.25) is 0 Å². The lowest BCUT2D eigenvalue weighted by molar-refractivity contribution is 0.479. The van der Waals surface area contributed by atoms with Crippen LogP contribution in [0.25, 0.3) is 0 Å². The van der Waals surface area contributed by atoms with Crippen molar-refractivity contribution in [2.75, 3.05) is 7.05 Å². The predicted molar refractivity (Wildman–Crippen MR) is 36.0 cm³/mol. The molecule has 0 saturated heterocycles. The van der Waals surface area contributed by atoms with Gasteiger partial charge in [-0.2, -0.15) is 0 Å². The molecule has 0 bridgehead atoms. The van der Waals surface area contributed by atoms with Crippen molar-refractivity contribution in [3.05, 3.63) is 11.8 Å². The van der Waals surface area contributed by atoms with Gasteiger partial charge in [0, 0.05) is 13.2 Å². The van der Waals surface area contributed by atoms with E-state index in [1.165, 1.54) is 5.57 Å². The van der Waals surface area contributed by atoms with E-state index in [9.17, 15) is 0 Å². The molecule has 8 heavy (non-hydrogen) atoms. The molecule has 0 atom stereocenters. The summed E-state index contributed by atoms with van der Waals surface area (Å²) in [6, 6.07) is 0. The molecule has 0 aromatic rings. The van der Waals surface area contributed by atoms with Gasteiger partial charge < -0.3 is 5.01 Å². The highest BCUT2D eigenvalue weighted by molar-refractivity contribution is 4.93. The predicted octanol–water partition coefficient (Wildman–Crippen LogP) is 1.11. The molecule has 0 spiro atoms. The van der Waals surface area contributed by atoms with Crippen LogP contribution in [0.2, 0.25) is 0 Å². The van der Waals surface area contributed by atoms with E-state index in [4.69, 9.17) is 5.84 Å². The summed E-state index contributed by atoms with van der Waals surface area (Å²) >= 11 is 0. The Hall–Kier alpha value is -0.500. The number of nitrogens with two attached hydrogens (primary N) is 1. The number of hydrogen-bond donors (Lipinski definition) is 1. The summed E-state index contributed by atoms with van der Waals surface area (Å²) in [6.45, 7) is 4.17. The van der Waals surface area contributed by atoms with Gasteiger partial charge in [-0.25, -0.2) is 5.84 Å². The molecule has 0 amide bonds. The summed E-state index contributed by atoms with van der Waals surface area (Å²) < 4.78 is 0. The number of hydrazine groups is 1. The minimum absolute atomic E-state index is 1.07. The van der Waals surface area contributed by atoms with Gasteiger partial charge in [-0.05, 0) is 13.3 Å². The number of rotatable bonds is 2. The number of hydrogen-bond acceptors (Lipinski definition) is 2. The first kappa shape index (κ1) is 7.50. The zero-order valence-electron chi connectivity index (χ0n) is 5.81. The third-order valence-electron chi connectivity index (χ3n) is 0.982. The number of nitrogens with zero attached hydrogens (tertiary/aromatic N) is 1. The zero-order chi connectivity index (χ0) is 6.57. The molecular weight excluding hydrogens is 100 g/mol. The summed E-state index contributed by atoms with van der Waals surface area (Å²) in [5, 5.41) is 1.57. The standard InChI is InChI=1S/C6H14N2/c1-4-6(2)5-8(3)7/h5H,4,7H2,1-3H3. The van der Waals surface area contributed by atoms with Crippen molar-refractivity contribution in [3.8, 4) is 0 Å². The van der Waals surface area contributed by atoms with Crippen LogP contribution >= 0.6 is 0 Å². The molecule has 0 aliphatic heterocycles. The molecule has 2 heteroatoms. The van der Waals surface area contributed by atoms with Crippen molar-refractivity contribution in [1.29, 1.82) is 0 Å². The zero-order valence-corrected chi connectivity index (χ0v) is 5.81. The van der Waals surface area contributed by atoms with E-state index >= 15 is 0 Å². The molecule has 2 N–H and O–H groups in total. The second-order valence-electron chi connectivity index (χ2n) is 1.99. The molecular formula is C6H14N2. The second kappa shape index (κ2) is 3.50. The van der Waals surface area contributed by atoms with E-state index in [1.54, 1.807) is 5.01 Å². The highest BCUT2D eigenvalue weighted by Crippen LogP contribution is 1.96. The van der Waals surface area contributed by atoms with Crippen molar-refractivity contribution in [2.24, 2.45) is 5.84 Å². The van der Waals surface area contributed by atoms with Crippen LogP contribution in [0.15, 0.2) is 11.8 Å². The van der Waals surface area contributed by atoms with E-state index in [1.807, 2.05) is 13.2 Å². The number of allylic oxidation sites excluding steroid dienone is 1. The molecule has 0 saturated carbocycles. The van der Waals surface area contributed by atoms with Crippen LogP contribution < -0.4 is 5.84 Å². The smallest absolute Gasteiger partial charge is 0.0222 e. The van der Waals surface area contributed by atoms with Crippen LogP contribution in [-0.4, -0.2) is 12.1 Å². The average Bonchev–Trinajstić information content (AvgIpc) is 1.65. The van der Waals surface area contributed by atoms with Gasteiger partial charge in [0.1, 0.15) is 0 Å². The minimum Gasteiger partial charge on any atom is -0.321 e. The van der Waals surface area contributed by atoms with Crippen LogP contribution in [0, 0.1) is 0 Å². The molecule has 0 unspecified atom stereocenters. The Labute approximate surface area is 50.9 Å². The summed E-state index contributed by atoms with van der Waals surface area (Å²) in [6.07, 6.45) is 2.99. The van der Waals surface area contributed by atoms with Crippen LogP contribution in [0.1, 0.15) is 20.3 Å². The molecule has 0 radical (unpaired) electrons. The fourth-order valence-corrected chi connectivity index (χ4v) is 0.439. The van der Waals surface area contributed by atoms with Gasteiger partial charge >= 0.3 is 0 Å². The first-order chi connectivity index (χ1) is 3.66. The highest BCUT2D eigenvalue weighted by Gasteiger charge is 1.82. The summed E-state index contributed by atoms with van der Waals surface area (Å²) in [5.74, 6) is 5.33. The van der Waals surface area contributed by atoms with Crippen LogP contribution in [-0.2, 0) is 0 Å². The van der Waals surface area contributed by atoms with Gasteiger partial charge in [0.15, 0.2) is 0 Å². The first-order valence-electron chi connectivity index (χ1n) is 2.81. The maximum Gasteiger partial charge on any atom is 0.0222 e. The third kappa shape index (κ3) is 3.68. The van der Waals surface area contributed by atoms with Gasteiger partial charge in [-0.1, -0.05) is 12.5 Å². The van der Waals surface area contributed by atoms with Gasteiger partial charge in [-0.3, -0.25) is 0 Å². The lowest BCUT2D eigenvalue weighted by atomic mass is 10.3. The summed E-state index contributed by atoms with van der Waals surface area (Å²) in [4.78, 5) is 0. The summed E-state index contributed by atoms with van der Waals surface area (Å²) in [5.41, 5.74) is 1.30. The van der Waals surface area contributed by atoms with Crippen molar-refractivity contribution in [2.45, 2.75) is 20.3 Å². The van der Waals surface area contributed by atoms with Crippen LogP contribution in [0.3, 0.4) is 0 Å². The van der Waals surface area contributed by atoms with Gasteiger partial charge in [0.05, 0.1) is 0 Å². The Morgan fingerprint density at radius 2 is 2.25 bits per heavy atom. The SMILES string of the molecule is CCC(C)=CN(C)N. The third-order valence-corrected chi connectivity index (χ3v) is 0.982. The van der Waals surface area contributed by atoms with Crippen LogP contribution in [0.4, 0.5) is 0 Å². The summed E-state index contributed by atoms with van der Waals surface area (Å²) in [7, 11) is 1.82. The van der Waals surface area contributed by atoms with E-state index < -0.39 is 0 Å². The topological polar surface area (TPSA) is 29.3 Å². The molecule has 0 aliphatic carbocycles. The maximum atomic E-state index is 5.33.